The molecule has 0 unspecified atom stereocenters. The van der Waals surface area contributed by atoms with Gasteiger partial charge in [0.25, 0.3) is 5.91 Å². The van der Waals surface area contributed by atoms with Crippen molar-refractivity contribution in [3.05, 3.63) is 58.2 Å². The zero-order valence-corrected chi connectivity index (χ0v) is 17.4. The highest BCUT2D eigenvalue weighted by atomic mass is 19.1. The molecular formula is C23H25FN2O4. The molecule has 0 aromatic heterocycles. The van der Waals surface area contributed by atoms with Gasteiger partial charge in [0.1, 0.15) is 11.5 Å². The highest BCUT2D eigenvalue weighted by molar-refractivity contribution is 6.09. The summed E-state index contributed by atoms with van der Waals surface area (Å²) in [6.07, 6.45) is 0.952. The van der Waals surface area contributed by atoms with Gasteiger partial charge in [-0.1, -0.05) is 26.0 Å². The fourth-order valence-corrected chi connectivity index (χ4v) is 4.70. The third-order valence-electron chi connectivity index (χ3n) is 5.86. The number of ketones is 1. The van der Waals surface area contributed by atoms with Crippen LogP contribution in [0.25, 0.3) is 0 Å². The maximum atomic E-state index is 13.6. The van der Waals surface area contributed by atoms with E-state index in [1.54, 1.807) is 19.1 Å². The van der Waals surface area contributed by atoms with Crippen molar-refractivity contribution >= 4 is 17.7 Å². The lowest BCUT2D eigenvalue weighted by atomic mass is 9.68. The lowest BCUT2D eigenvalue weighted by molar-refractivity contribution is -0.139. The number of carbonyl (C=O) groups excluding carboxylic acids is 3. The smallest absolute Gasteiger partial charge is 0.337 e. The lowest BCUT2D eigenvalue weighted by Crippen LogP contribution is -2.51. The van der Waals surface area contributed by atoms with Crippen LogP contribution in [0.5, 0.6) is 0 Å². The van der Waals surface area contributed by atoms with Crippen LogP contribution in [0.2, 0.25) is 0 Å². The summed E-state index contributed by atoms with van der Waals surface area (Å²) in [5.74, 6) is -2.23. The second-order valence-corrected chi connectivity index (χ2v) is 8.68. The Morgan fingerprint density at radius 1 is 1.23 bits per heavy atom. The van der Waals surface area contributed by atoms with Crippen LogP contribution in [0.3, 0.4) is 0 Å². The van der Waals surface area contributed by atoms with Gasteiger partial charge in [0.15, 0.2) is 5.78 Å². The molecule has 2 aliphatic heterocycles. The van der Waals surface area contributed by atoms with Gasteiger partial charge in [-0.15, -0.1) is 0 Å². The van der Waals surface area contributed by atoms with Gasteiger partial charge in [0, 0.05) is 36.7 Å². The Morgan fingerprint density at radius 2 is 1.93 bits per heavy atom. The van der Waals surface area contributed by atoms with Gasteiger partial charge in [0.05, 0.1) is 12.2 Å². The number of carbonyl (C=O) groups is 3. The summed E-state index contributed by atoms with van der Waals surface area (Å²) in [6.45, 7) is 6.77. The minimum Gasteiger partial charge on any atom is -0.463 e. The molecule has 1 N–H and O–H groups in total. The maximum Gasteiger partial charge on any atom is 0.337 e. The zero-order valence-electron chi connectivity index (χ0n) is 17.4. The van der Waals surface area contributed by atoms with E-state index in [4.69, 9.17) is 4.74 Å². The largest absolute Gasteiger partial charge is 0.463 e. The van der Waals surface area contributed by atoms with Crippen molar-refractivity contribution in [3.8, 4) is 0 Å². The quantitative estimate of drug-likeness (QED) is 0.773. The van der Waals surface area contributed by atoms with Crippen molar-refractivity contribution in [2.75, 3.05) is 19.7 Å². The number of amides is 1. The molecule has 158 valence electrons. The number of halogens is 1. The van der Waals surface area contributed by atoms with E-state index in [1.807, 2.05) is 18.7 Å². The van der Waals surface area contributed by atoms with Crippen molar-refractivity contribution in [1.29, 1.82) is 0 Å². The number of Topliss-reactive ketones (excluding diaryl/α,β-unsaturated/α-hetero) is 1. The number of hydrogen-bond donors (Lipinski definition) is 1. The summed E-state index contributed by atoms with van der Waals surface area (Å²) in [4.78, 5) is 41.1. The van der Waals surface area contributed by atoms with Crippen LogP contribution in [-0.2, 0) is 19.1 Å². The summed E-state index contributed by atoms with van der Waals surface area (Å²) in [7, 11) is 0. The van der Waals surface area contributed by atoms with Crippen LogP contribution < -0.4 is 5.32 Å². The second kappa shape index (κ2) is 7.38. The second-order valence-electron chi connectivity index (χ2n) is 8.68. The number of nitrogens with one attached hydrogen (secondary N) is 1. The van der Waals surface area contributed by atoms with Crippen LogP contribution in [0.1, 0.15) is 45.1 Å². The van der Waals surface area contributed by atoms with E-state index in [-0.39, 0.29) is 35.0 Å². The molecular weight excluding hydrogens is 387 g/mol. The molecule has 1 aromatic carbocycles. The molecule has 1 saturated heterocycles. The van der Waals surface area contributed by atoms with Gasteiger partial charge < -0.3 is 15.0 Å². The molecule has 0 bridgehead atoms. The monoisotopic (exact) mass is 412 g/mol. The van der Waals surface area contributed by atoms with Gasteiger partial charge >= 0.3 is 5.97 Å². The maximum absolute atomic E-state index is 13.6. The zero-order chi connectivity index (χ0) is 21.6. The molecule has 1 amide bonds. The first-order valence-electron chi connectivity index (χ1n) is 10.2. The molecule has 7 heteroatoms. The van der Waals surface area contributed by atoms with Gasteiger partial charge in [-0.2, -0.15) is 0 Å². The number of hydrogen-bond acceptors (Lipinski definition) is 5. The van der Waals surface area contributed by atoms with Crippen LogP contribution in [0, 0.1) is 11.2 Å². The number of ether oxygens (including phenoxy) is 1. The molecule has 6 nitrogen and oxygen atoms in total. The summed E-state index contributed by atoms with van der Waals surface area (Å²) >= 11 is 0. The number of rotatable bonds is 3. The molecule has 0 radical (unpaired) electrons. The number of benzene rings is 1. The molecule has 1 aromatic rings. The highest BCUT2D eigenvalue weighted by Gasteiger charge is 2.48. The Kier molecular flexibility index (Phi) is 5.00. The third kappa shape index (κ3) is 3.32. The minimum absolute atomic E-state index is 0.0533. The minimum atomic E-state index is -0.765. The average Bonchev–Trinajstić information content (AvgIpc) is 2.67. The normalized spacial score (nSPS) is 23.1. The third-order valence-corrected chi connectivity index (χ3v) is 5.86. The van der Waals surface area contributed by atoms with Gasteiger partial charge in [0.2, 0.25) is 0 Å². The summed E-state index contributed by atoms with van der Waals surface area (Å²) in [5.41, 5.74) is 2.01. The summed E-state index contributed by atoms with van der Waals surface area (Å²) in [5, 5.41) is 2.80. The Bertz CT molecular complexity index is 991. The molecule has 0 saturated carbocycles. The van der Waals surface area contributed by atoms with E-state index >= 15 is 0 Å². The van der Waals surface area contributed by atoms with E-state index in [2.05, 4.69) is 5.32 Å². The predicted molar refractivity (Wildman–Crippen MR) is 108 cm³/mol. The molecule has 0 spiro atoms. The van der Waals surface area contributed by atoms with E-state index in [0.717, 1.165) is 5.70 Å². The first-order valence-corrected chi connectivity index (χ1v) is 10.2. The van der Waals surface area contributed by atoms with Gasteiger partial charge in [-0.3, -0.25) is 9.59 Å². The fourth-order valence-electron chi connectivity index (χ4n) is 4.70. The number of nitrogens with zero attached hydrogens (tertiary/aromatic N) is 1. The first kappa shape index (κ1) is 20.3. The molecule has 1 fully saturated rings. The average molecular weight is 412 g/mol. The Labute approximate surface area is 174 Å². The number of piperazine rings is 1. The Morgan fingerprint density at radius 3 is 2.60 bits per heavy atom. The Balaban J connectivity index is 2.00. The van der Waals surface area contributed by atoms with E-state index in [9.17, 15) is 18.8 Å². The number of allylic oxidation sites excluding steroid dienone is 2. The van der Waals surface area contributed by atoms with Crippen molar-refractivity contribution < 1.29 is 23.5 Å². The van der Waals surface area contributed by atoms with E-state index < -0.39 is 17.7 Å². The van der Waals surface area contributed by atoms with Crippen molar-refractivity contribution in [1.82, 2.24) is 10.2 Å². The Hall–Kier alpha value is -2.96. The molecule has 1 atom stereocenters. The molecule has 1 aliphatic carbocycles. The summed E-state index contributed by atoms with van der Waals surface area (Å²) in [6, 6.07) is 5.72. The van der Waals surface area contributed by atoms with Crippen LogP contribution >= 0.6 is 0 Å². The number of fused-ring (bicyclic) bond motifs is 2. The predicted octanol–water partition coefficient (Wildman–Crippen LogP) is 2.82. The topological polar surface area (TPSA) is 75.7 Å². The lowest BCUT2D eigenvalue weighted by Gasteiger charge is -2.46. The van der Waals surface area contributed by atoms with Gasteiger partial charge in [-0.05, 0) is 36.5 Å². The van der Waals surface area contributed by atoms with E-state index in [0.29, 0.717) is 37.1 Å². The van der Waals surface area contributed by atoms with Gasteiger partial charge in [-0.25, -0.2) is 9.18 Å². The van der Waals surface area contributed by atoms with Crippen LogP contribution in [0.15, 0.2) is 46.8 Å². The van der Waals surface area contributed by atoms with Crippen molar-refractivity contribution in [2.45, 2.75) is 39.5 Å². The molecule has 2 heterocycles. The first-order chi connectivity index (χ1) is 14.2. The molecule has 30 heavy (non-hydrogen) atoms. The molecule has 3 aliphatic rings. The fraction of sp³-hybridized carbons (Fsp3) is 0.435. The highest BCUT2D eigenvalue weighted by Crippen LogP contribution is 2.50. The molecule has 4 rings (SSSR count). The SMILES string of the molecule is CCOC(=O)C1=C2C(=O)NCCN2C2=C(C(=O)CC(C)(C)C2)[C@H]1c1ccc(F)cc1. The standard InChI is InChI=1S/C23H25FN2O4/c1-4-30-22(29)19-17(13-5-7-14(24)8-6-13)18-15(11-23(2,3)12-16(18)27)26-10-9-25-21(28)20(19)26/h5-8,17H,4,9-12H2,1-3H3,(H,25,28)/t17-/m1/s1. The van der Waals surface area contributed by atoms with Crippen molar-refractivity contribution in [3.63, 3.8) is 0 Å². The van der Waals surface area contributed by atoms with E-state index in [1.165, 1.54) is 12.1 Å². The summed E-state index contributed by atoms with van der Waals surface area (Å²) < 4.78 is 18.9. The van der Waals surface area contributed by atoms with Crippen LogP contribution in [0.4, 0.5) is 4.39 Å². The van der Waals surface area contributed by atoms with Crippen molar-refractivity contribution in [2.24, 2.45) is 5.41 Å². The number of esters is 1. The van der Waals surface area contributed by atoms with Crippen LogP contribution in [-0.4, -0.2) is 42.3 Å².